The second kappa shape index (κ2) is 3.73. The molecule has 0 spiro atoms. The lowest BCUT2D eigenvalue weighted by molar-refractivity contribution is 0.159. The third kappa shape index (κ3) is 1.49. The van der Waals surface area contributed by atoms with Gasteiger partial charge in [0.2, 0.25) is 0 Å². The second-order valence-electron chi connectivity index (χ2n) is 3.74. The van der Waals surface area contributed by atoms with Crippen LogP contribution in [0.15, 0.2) is 0 Å². The smallest absolute Gasteiger partial charge is 0.0638 e. The summed E-state index contributed by atoms with van der Waals surface area (Å²) in [6, 6.07) is 1.19. The summed E-state index contributed by atoms with van der Waals surface area (Å²) in [6.07, 6.45) is 2.74. The quantitative estimate of drug-likeness (QED) is 0.634. The maximum absolute atomic E-state index is 5.47. The Hall–Kier alpha value is -0.120. The molecule has 0 aliphatic carbocycles. The van der Waals surface area contributed by atoms with E-state index in [9.17, 15) is 0 Å². The number of ether oxygens (including phenoxy) is 1. The molecule has 2 rings (SSSR count). The van der Waals surface area contributed by atoms with Gasteiger partial charge >= 0.3 is 0 Å². The Kier molecular flexibility index (Phi) is 2.63. The SMILES string of the molecule is CN[C@@H]1COC[C@@H]1N1CCCC1. The van der Waals surface area contributed by atoms with E-state index in [1.165, 1.54) is 25.9 Å². The van der Waals surface area contributed by atoms with Gasteiger partial charge < -0.3 is 10.1 Å². The van der Waals surface area contributed by atoms with Crippen LogP contribution < -0.4 is 5.32 Å². The van der Waals surface area contributed by atoms with Crippen molar-refractivity contribution >= 4 is 0 Å². The fourth-order valence-corrected chi connectivity index (χ4v) is 2.25. The van der Waals surface area contributed by atoms with Crippen LogP contribution >= 0.6 is 0 Å². The molecule has 0 unspecified atom stereocenters. The van der Waals surface area contributed by atoms with E-state index in [1.54, 1.807) is 0 Å². The summed E-state index contributed by atoms with van der Waals surface area (Å²) >= 11 is 0. The van der Waals surface area contributed by atoms with Gasteiger partial charge in [0.05, 0.1) is 19.3 Å². The highest BCUT2D eigenvalue weighted by atomic mass is 16.5. The zero-order valence-corrected chi connectivity index (χ0v) is 7.75. The number of hydrogen-bond acceptors (Lipinski definition) is 3. The lowest BCUT2D eigenvalue weighted by atomic mass is 10.1. The molecule has 1 N–H and O–H groups in total. The van der Waals surface area contributed by atoms with E-state index in [1.807, 2.05) is 7.05 Å². The highest BCUT2D eigenvalue weighted by Crippen LogP contribution is 2.18. The van der Waals surface area contributed by atoms with Crippen molar-refractivity contribution in [2.75, 3.05) is 33.4 Å². The van der Waals surface area contributed by atoms with Crippen molar-refractivity contribution in [3.63, 3.8) is 0 Å². The zero-order valence-electron chi connectivity index (χ0n) is 7.75. The number of nitrogens with zero attached hydrogens (tertiary/aromatic N) is 1. The highest BCUT2D eigenvalue weighted by Gasteiger charge is 2.32. The maximum Gasteiger partial charge on any atom is 0.0638 e. The molecule has 0 aromatic carbocycles. The molecule has 2 saturated heterocycles. The summed E-state index contributed by atoms with van der Waals surface area (Å²) in [6.45, 7) is 4.35. The normalized spacial score (nSPS) is 37.8. The predicted octanol–water partition coefficient (Wildman–Crippen LogP) is 0.0690. The van der Waals surface area contributed by atoms with Crippen LogP contribution in [0.3, 0.4) is 0 Å². The van der Waals surface area contributed by atoms with Crippen LogP contribution in [0.1, 0.15) is 12.8 Å². The molecule has 2 atom stereocenters. The molecule has 0 radical (unpaired) electrons. The van der Waals surface area contributed by atoms with Gasteiger partial charge in [0.15, 0.2) is 0 Å². The minimum atomic E-state index is 0.558. The molecule has 0 bridgehead atoms. The summed E-state index contributed by atoms with van der Waals surface area (Å²) in [4.78, 5) is 2.56. The molecule has 0 aromatic rings. The van der Waals surface area contributed by atoms with Crippen molar-refractivity contribution in [3.05, 3.63) is 0 Å². The molecule has 3 heteroatoms. The van der Waals surface area contributed by atoms with Crippen LogP contribution in [0.5, 0.6) is 0 Å². The van der Waals surface area contributed by atoms with Crippen molar-refractivity contribution in [1.82, 2.24) is 10.2 Å². The van der Waals surface area contributed by atoms with Gasteiger partial charge in [-0.25, -0.2) is 0 Å². The van der Waals surface area contributed by atoms with E-state index >= 15 is 0 Å². The first-order valence-electron chi connectivity index (χ1n) is 4.91. The standard InChI is InChI=1S/C9H18N2O/c1-10-8-6-12-7-9(8)11-4-2-3-5-11/h8-10H,2-7H2,1H3/t8-,9+/m1/s1. The molecule has 0 saturated carbocycles. The summed E-state index contributed by atoms with van der Waals surface area (Å²) in [5.74, 6) is 0. The van der Waals surface area contributed by atoms with Crippen molar-refractivity contribution in [3.8, 4) is 0 Å². The number of likely N-dealkylation sites (tertiary alicyclic amines) is 1. The van der Waals surface area contributed by atoms with E-state index in [0.717, 1.165) is 13.2 Å². The second-order valence-corrected chi connectivity index (χ2v) is 3.74. The van der Waals surface area contributed by atoms with E-state index in [-0.39, 0.29) is 0 Å². The van der Waals surface area contributed by atoms with Crippen LogP contribution in [0.4, 0.5) is 0 Å². The van der Waals surface area contributed by atoms with Crippen molar-refractivity contribution in [2.24, 2.45) is 0 Å². The fraction of sp³-hybridized carbons (Fsp3) is 1.00. The molecule has 12 heavy (non-hydrogen) atoms. The molecular formula is C9H18N2O. The van der Waals surface area contributed by atoms with Crippen LogP contribution in [0, 0.1) is 0 Å². The first-order chi connectivity index (χ1) is 5.92. The summed E-state index contributed by atoms with van der Waals surface area (Å²) in [5, 5.41) is 3.32. The van der Waals surface area contributed by atoms with Gasteiger partial charge in [-0.1, -0.05) is 0 Å². The first-order valence-corrected chi connectivity index (χ1v) is 4.91. The molecule has 2 aliphatic heterocycles. The van der Waals surface area contributed by atoms with Crippen molar-refractivity contribution in [1.29, 1.82) is 0 Å². The lowest BCUT2D eigenvalue weighted by Gasteiger charge is -2.26. The van der Waals surface area contributed by atoms with Gasteiger partial charge in [-0.3, -0.25) is 4.90 Å². The number of likely N-dealkylation sites (N-methyl/N-ethyl adjacent to an activating group) is 1. The Bertz CT molecular complexity index is 145. The summed E-state index contributed by atoms with van der Waals surface area (Å²) in [7, 11) is 2.03. The van der Waals surface area contributed by atoms with Crippen molar-refractivity contribution in [2.45, 2.75) is 24.9 Å². The Balaban J connectivity index is 1.92. The molecular weight excluding hydrogens is 152 g/mol. The highest BCUT2D eigenvalue weighted by molar-refractivity contribution is 4.89. The largest absolute Gasteiger partial charge is 0.378 e. The van der Waals surface area contributed by atoms with E-state index in [4.69, 9.17) is 4.74 Å². The molecule has 70 valence electrons. The number of rotatable bonds is 2. The van der Waals surface area contributed by atoms with Crippen LogP contribution in [-0.2, 0) is 4.74 Å². The lowest BCUT2D eigenvalue weighted by Crippen LogP contribution is -2.47. The van der Waals surface area contributed by atoms with Gasteiger partial charge in [-0.15, -0.1) is 0 Å². The number of hydrogen-bond donors (Lipinski definition) is 1. The zero-order chi connectivity index (χ0) is 8.39. The molecule has 0 amide bonds. The van der Waals surface area contributed by atoms with E-state index in [2.05, 4.69) is 10.2 Å². The monoisotopic (exact) mass is 170 g/mol. The Morgan fingerprint density at radius 2 is 2.00 bits per heavy atom. The molecule has 2 aliphatic rings. The molecule has 3 nitrogen and oxygen atoms in total. The third-order valence-corrected chi connectivity index (χ3v) is 3.03. The first kappa shape index (κ1) is 8.48. The minimum Gasteiger partial charge on any atom is -0.378 e. The van der Waals surface area contributed by atoms with Crippen LogP contribution in [0.25, 0.3) is 0 Å². The fourth-order valence-electron chi connectivity index (χ4n) is 2.25. The molecule has 2 fully saturated rings. The summed E-state index contributed by atoms with van der Waals surface area (Å²) in [5.41, 5.74) is 0. The Labute approximate surface area is 74.1 Å². The predicted molar refractivity (Wildman–Crippen MR) is 48.3 cm³/mol. The van der Waals surface area contributed by atoms with E-state index < -0.39 is 0 Å². The molecule has 2 heterocycles. The van der Waals surface area contributed by atoms with Crippen LogP contribution in [-0.4, -0.2) is 50.3 Å². The maximum atomic E-state index is 5.47. The Morgan fingerprint density at radius 3 is 2.67 bits per heavy atom. The summed E-state index contributed by atoms with van der Waals surface area (Å²) < 4.78 is 5.47. The topological polar surface area (TPSA) is 24.5 Å². The Morgan fingerprint density at radius 1 is 1.25 bits per heavy atom. The third-order valence-electron chi connectivity index (χ3n) is 3.03. The van der Waals surface area contributed by atoms with Gasteiger partial charge in [0, 0.05) is 6.04 Å². The van der Waals surface area contributed by atoms with Crippen molar-refractivity contribution < 1.29 is 4.74 Å². The average Bonchev–Trinajstić information content (AvgIpc) is 2.74. The molecule has 0 aromatic heterocycles. The van der Waals surface area contributed by atoms with Gasteiger partial charge in [0.1, 0.15) is 0 Å². The van der Waals surface area contributed by atoms with Crippen LogP contribution in [0.2, 0.25) is 0 Å². The number of nitrogens with one attached hydrogen (secondary N) is 1. The van der Waals surface area contributed by atoms with E-state index in [0.29, 0.717) is 12.1 Å². The van der Waals surface area contributed by atoms with Gasteiger partial charge in [-0.05, 0) is 33.0 Å². The minimum absolute atomic E-state index is 0.558. The van der Waals surface area contributed by atoms with Gasteiger partial charge in [-0.2, -0.15) is 0 Å². The average molecular weight is 170 g/mol. The van der Waals surface area contributed by atoms with Gasteiger partial charge in [0.25, 0.3) is 0 Å².